The third kappa shape index (κ3) is 2.89. The summed E-state index contributed by atoms with van der Waals surface area (Å²) in [6.45, 7) is 5.25. The summed E-state index contributed by atoms with van der Waals surface area (Å²) in [5.41, 5.74) is 3.88. The Morgan fingerprint density at radius 1 is 1.25 bits per heavy atom. The molecule has 0 radical (unpaired) electrons. The van der Waals surface area contributed by atoms with Crippen LogP contribution in [0.1, 0.15) is 22.6 Å². The van der Waals surface area contributed by atoms with Crippen molar-refractivity contribution in [1.29, 1.82) is 0 Å². The molecule has 24 heavy (non-hydrogen) atoms. The van der Waals surface area contributed by atoms with Gasteiger partial charge in [-0.05, 0) is 37.6 Å². The van der Waals surface area contributed by atoms with E-state index in [1.54, 1.807) is 6.07 Å². The number of halogens is 1. The predicted octanol–water partition coefficient (Wildman–Crippen LogP) is 3.28. The van der Waals surface area contributed by atoms with Crippen molar-refractivity contribution in [3.05, 3.63) is 46.6 Å². The molecule has 0 unspecified atom stereocenters. The zero-order valence-electron chi connectivity index (χ0n) is 14.8. The molecule has 1 N–H and O–H groups in total. The lowest BCUT2D eigenvalue weighted by molar-refractivity contribution is 0.509. The Hall–Kier alpha value is -2.34. The second kappa shape index (κ2) is 6.28. The van der Waals surface area contributed by atoms with E-state index in [1.807, 2.05) is 39.7 Å². The van der Waals surface area contributed by atoms with Gasteiger partial charge < -0.3 is 14.6 Å². The maximum absolute atomic E-state index is 13.4. The fraction of sp³-hybridized carbons (Fsp3) is 0.389. The minimum atomic E-state index is -0.243. The van der Waals surface area contributed by atoms with Gasteiger partial charge in [-0.15, -0.1) is 0 Å². The molecule has 0 amide bonds. The highest BCUT2D eigenvalue weighted by molar-refractivity contribution is 5.82. The van der Waals surface area contributed by atoms with E-state index in [4.69, 9.17) is 4.42 Å². The Labute approximate surface area is 141 Å². The number of fused-ring (bicyclic) bond motifs is 1. The van der Waals surface area contributed by atoms with Gasteiger partial charge in [-0.25, -0.2) is 4.39 Å². The maximum atomic E-state index is 13.4. The fourth-order valence-corrected chi connectivity index (χ4v) is 3.17. The molecule has 0 saturated heterocycles. The topological polar surface area (TPSA) is 46.2 Å². The second-order valence-electron chi connectivity index (χ2n) is 6.30. The zero-order chi connectivity index (χ0) is 17.4. The molecule has 0 aliphatic heterocycles. The van der Waals surface area contributed by atoms with E-state index in [0.29, 0.717) is 13.1 Å². The number of hydrogen-bond acceptors (Lipinski definition) is 4. The summed E-state index contributed by atoms with van der Waals surface area (Å²) >= 11 is 0. The second-order valence-corrected chi connectivity index (χ2v) is 6.30. The van der Waals surface area contributed by atoms with Gasteiger partial charge in [0.05, 0.1) is 12.2 Å². The summed E-state index contributed by atoms with van der Waals surface area (Å²) in [4.78, 5) is 2.06. The summed E-state index contributed by atoms with van der Waals surface area (Å²) < 4.78 is 21.1. The molecule has 5 nitrogen and oxygen atoms in total. The van der Waals surface area contributed by atoms with E-state index >= 15 is 0 Å². The predicted molar refractivity (Wildman–Crippen MR) is 93.7 cm³/mol. The van der Waals surface area contributed by atoms with E-state index in [9.17, 15) is 4.39 Å². The summed E-state index contributed by atoms with van der Waals surface area (Å²) in [7, 11) is 5.97. The quantitative estimate of drug-likeness (QED) is 0.780. The van der Waals surface area contributed by atoms with E-state index in [0.717, 1.165) is 33.8 Å². The number of aryl methyl sites for hydroxylation is 3. The van der Waals surface area contributed by atoms with E-state index in [2.05, 4.69) is 15.3 Å². The number of nitrogens with zero attached hydrogens (tertiary/aromatic N) is 3. The van der Waals surface area contributed by atoms with Crippen molar-refractivity contribution in [3.63, 3.8) is 0 Å². The molecule has 3 rings (SSSR count). The normalized spacial score (nSPS) is 11.4. The lowest BCUT2D eigenvalue weighted by Gasteiger charge is -2.15. The highest BCUT2D eigenvalue weighted by Gasteiger charge is 2.15. The SMILES string of the molecule is Cc1nn(C)c(N(C)C)c1CNCc1oc2ccc(F)cc2c1C. The van der Waals surface area contributed by atoms with Crippen molar-refractivity contribution in [3.8, 4) is 0 Å². The first-order valence-electron chi connectivity index (χ1n) is 7.96. The molecule has 128 valence electrons. The zero-order valence-corrected chi connectivity index (χ0v) is 14.8. The maximum Gasteiger partial charge on any atom is 0.134 e. The van der Waals surface area contributed by atoms with E-state index in [-0.39, 0.29) is 5.82 Å². The molecule has 0 fully saturated rings. The summed E-state index contributed by atoms with van der Waals surface area (Å²) in [5.74, 6) is 1.68. The molecule has 0 bridgehead atoms. The molecular formula is C18H23FN4O. The van der Waals surface area contributed by atoms with Gasteiger partial charge in [0.1, 0.15) is 23.0 Å². The van der Waals surface area contributed by atoms with Crippen LogP contribution in [-0.2, 0) is 20.1 Å². The Bertz CT molecular complexity index is 879. The first-order chi connectivity index (χ1) is 11.4. The van der Waals surface area contributed by atoms with Gasteiger partial charge in [-0.1, -0.05) is 0 Å². The van der Waals surface area contributed by atoms with Gasteiger partial charge in [0.25, 0.3) is 0 Å². The largest absolute Gasteiger partial charge is 0.459 e. The minimum Gasteiger partial charge on any atom is -0.459 e. The van der Waals surface area contributed by atoms with Crippen LogP contribution in [0.5, 0.6) is 0 Å². The highest BCUT2D eigenvalue weighted by atomic mass is 19.1. The van der Waals surface area contributed by atoms with Gasteiger partial charge in [0.15, 0.2) is 0 Å². The molecule has 0 aliphatic rings. The third-order valence-corrected chi connectivity index (χ3v) is 4.32. The van der Waals surface area contributed by atoms with Crippen LogP contribution in [0.25, 0.3) is 11.0 Å². The smallest absolute Gasteiger partial charge is 0.134 e. The molecule has 1 aromatic carbocycles. The van der Waals surface area contributed by atoms with Gasteiger partial charge in [0.2, 0.25) is 0 Å². The summed E-state index contributed by atoms with van der Waals surface area (Å²) in [6.07, 6.45) is 0. The van der Waals surface area contributed by atoms with Crippen LogP contribution in [0, 0.1) is 19.7 Å². The number of anilines is 1. The van der Waals surface area contributed by atoms with Crippen molar-refractivity contribution in [2.24, 2.45) is 7.05 Å². The number of nitrogens with one attached hydrogen (secondary N) is 1. The lowest BCUT2D eigenvalue weighted by Crippen LogP contribution is -2.19. The molecule has 0 saturated carbocycles. The van der Waals surface area contributed by atoms with Crippen molar-refractivity contribution < 1.29 is 8.81 Å². The third-order valence-electron chi connectivity index (χ3n) is 4.32. The molecule has 3 aromatic rings. The molecule has 6 heteroatoms. The van der Waals surface area contributed by atoms with Crippen LogP contribution < -0.4 is 10.2 Å². The number of furan rings is 1. The van der Waals surface area contributed by atoms with E-state index in [1.165, 1.54) is 17.7 Å². The van der Waals surface area contributed by atoms with Crippen molar-refractivity contribution in [1.82, 2.24) is 15.1 Å². The van der Waals surface area contributed by atoms with Crippen LogP contribution in [0.3, 0.4) is 0 Å². The monoisotopic (exact) mass is 330 g/mol. The Morgan fingerprint density at radius 2 is 2.00 bits per heavy atom. The number of hydrogen-bond donors (Lipinski definition) is 1. The van der Waals surface area contributed by atoms with Gasteiger partial charge >= 0.3 is 0 Å². The van der Waals surface area contributed by atoms with Crippen molar-refractivity contribution in [2.45, 2.75) is 26.9 Å². The number of rotatable bonds is 5. The fourth-order valence-electron chi connectivity index (χ4n) is 3.17. The Balaban J connectivity index is 1.77. The first-order valence-corrected chi connectivity index (χ1v) is 7.96. The average molecular weight is 330 g/mol. The highest BCUT2D eigenvalue weighted by Crippen LogP contribution is 2.26. The molecule has 0 aliphatic carbocycles. The van der Waals surface area contributed by atoms with Gasteiger partial charge in [0, 0.05) is 38.6 Å². The number of aromatic nitrogens is 2. The van der Waals surface area contributed by atoms with Gasteiger partial charge in [-0.3, -0.25) is 4.68 Å². The van der Waals surface area contributed by atoms with Crippen LogP contribution in [0.2, 0.25) is 0 Å². The van der Waals surface area contributed by atoms with Crippen LogP contribution in [0.4, 0.5) is 10.2 Å². The Morgan fingerprint density at radius 3 is 2.71 bits per heavy atom. The first kappa shape index (κ1) is 16.5. The van der Waals surface area contributed by atoms with Crippen molar-refractivity contribution >= 4 is 16.8 Å². The van der Waals surface area contributed by atoms with Crippen LogP contribution >= 0.6 is 0 Å². The lowest BCUT2D eigenvalue weighted by atomic mass is 10.1. The van der Waals surface area contributed by atoms with Gasteiger partial charge in [-0.2, -0.15) is 5.10 Å². The minimum absolute atomic E-state index is 0.243. The molecular weight excluding hydrogens is 307 g/mol. The van der Waals surface area contributed by atoms with Crippen LogP contribution in [-0.4, -0.2) is 23.9 Å². The standard InChI is InChI=1S/C18H23FN4O/c1-11-14-8-13(19)6-7-16(14)24-17(11)10-20-9-15-12(2)21-23(5)18(15)22(3)4/h6-8,20H,9-10H2,1-5H3. The molecule has 0 spiro atoms. The molecule has 2 aromatic heterocycles. The summed E-state index contributed by atoms with van der Waals surface area (Å²) in [5, 5.41) is 8.74. The Kier molecular flexibility index (Phi) is 4.32. The molecule has 0 atom stereocenters. The number of benzene rings is 1. The molecule has 2 heterocycles. The summed E-state index contributed by atoms with van der Waals surface area (Å²) in [6, 6.07) is 4.62. The van der Waals surface area contributed by atoms with Crippen LogP contribution in [0.15, 0.2) is 22.6 Å². The average Bonchev–Trinajstić information content (AvgIpc) is 2.97. The van der Waals surface area contributed by atoms with Crippen molar-refractivity contribution in [2.75, 3.05) is 19.0 Å². The van der Waals surface area contributed by atoms with E-state index < -0.39 is 0 Å².